The maximum atomic E-state index is 6.87. The third kappa shape index (κ3) is 21.8. The summed E-state index contributed by atoms with van der Waals surface area (Å²) in [5, 5.41) is 0. The maximum absolute atomic E-state index is 6.87. The van der Waals surface area contributed by atoms with Crippen molar-refractivity contribution < 1.29 is 9.47 Å². The largest absolute Gasteiger partial charge is 0.344 e. The number of rotatable bonds is 32. The molecule has 2 rings (SSSR count). The zero-order chi connectivity index (χ0) is 34.4. The van der Waals surface area contributed by atoms with Crippen LogP contribution in [0.15, 0.2) is 48.6 Å². The highest BCUT2D eigenvalue weighted by Gasteiger charge is 2.50. The van der Waals surface area contributed by atoms with Gasteiger partial charge in [-0.1, -0.05) is 140 Å². The predicted molar refractivity (Wildman–Crippen MR) is 212 cm³/mol. The van der Waals surface area contributed by atoms with Crippen LogP contribution in [-0.2, 0) is 9.47 Å². The Morgan fingerprint density at radius 1 is 0.479 bits per heavy atom. The lowest BCUT2D eigenvalue weighted by atomic mass is 9.98. The second-order valence-corrected chi connectivity index (χ2v) is 15.5. The van der Waals surface area contributed by atoms with Gasteiger partial charge in [0, 0.05) is 19.4 Å². The molecule has 0 aromatic rings. The summed E-state index contributed by atoms with van der Waals surface area (Å²) in [4.78, 5) is 2.33. The first kappa shape index (κ1) is 43.0. The number of allylic oxidation sites excluding steroid dienone is 8. The van der Waals surface area contributed by atoms with E-state index in [1.54, 1.807) is 0 Å². The number of unbranched alkanes of at least 4 members (excludes halogenated alkanes) is 18. The molecule has 0 aromatic carbocycles. The summed E-state index contributed by atoms with van der Waals surface area (Å²) >= 11 is 0. The van der Waals surface area contributed by atoms with Crippen LogP contribution in [0.5, 0.6) is 0 Å². The Hall–Kier alpha value is -1.16. The average molecular weight is 668 g/mol. The van der Waals surface area contributed by atoms with Crippen LogP contribution in [0.3, 0.4) is 0 Å². The lowest BCUT2D eigenvalue weighted by molar-refractivity contribution is -0.193. The highest BCUT2D eigenvalue weighted by atomic mass is 16.8. The van der Waals surface area contributed by atoms with E-state index < -0.39 is 0 Å². The lowest BCUT2D eigenvalue weighted by Gasteiger charge is -2.30. The summed E-state index contributed by atoms with van der Waals surface area (Å²) < 4.78 is 13.7. The van der Waals surface area contributed by atoms with E-state index in [1.807, 2.05) is 0 Å². The van der Waals surface area contributed by atoms with E-state index >= 15 is 0 Å². The third-order valence-corrected chi connectivity index (χ3v) is 10.4. The normalized spacial score (nSPS) is 21.0. The van der Waals surface area contributed by atoms with Gasteiger partial charge in [-0.15, -0.1) is 0 Å². The summed E-state index contributed by atoms with van der Waals surface area (Å²) in [5.74, 6) is 0.417. The van der Waals surface area contributed by atoms with Crippen LogP contribution in [0, 0.1) is 5.92 Å². The first-order chi connectivity index (χ1) is 23.6. The molecule has 0 aromatic heterocycles. The van der Waals surface area contributed by atoms with Crippen molar-refractivity contribution in [3.05, 3.63) is 48.6 Å². The summed E-state index contributed by atoms with van der Waals surface area (Å²) in [6, 6.07) is 0. The molecule has 0 radical (unpaired) electrons. The fraction of sp³-hybridized carbons (Fsp3) is 0.822. The average Bonchev–Trinajstić information content (AvgIpc) is 3.59. The molecule has 1 unspecified atom stereocenters. The number of ether oxygens (including phenoxy) is 2. The van der Waals surface area contributed by atoms with Crippen molar-refractivity contribution in [2.45, 2.75) is 212 Å². The number of fused-ring (bicyclic) bond motifs is 1. The molecule has 0 bridgehead atoms. The van der Waals surface area contributed by atoms with Gasteiger partial charge in [0.05, 0.1) is 12.2 Å². The molecule has 48 heavy (non-hydrogen) atoms. The molecule has 0 spiro atoms. The monoisotopic (exact) mass is 668 g/mol. The molecule has 0 amide bonds. The molecule has 2 aliphatic rings. The standard InChI is InChI=1S/C45H81NO2/c1-5-7-9-11-13-15-17-19-21-23-25-27-29-31-33-35-37-45(47-43-39-42(41-46(3)4)40-44(43)48-45)38-36-34-32-30-28-26-24-22-20-18-16-14-12-10-8-6-2/h13-16,19-22,42-44H,5-12,17-18,23-41H2,1-4H3/b15-13-,16-14-,21-19-,22-20-/t42-,43+,44?/m0/s1. The molecule has 2 fully saturated rings. The van der Waals surface area contributed by atoms with Gasteiger partial charge in [0.2, 0.25) is 0 Å². The molecule has 1 heterocycles. The van der Waals surface area contributed by atoms with E-state index in [1.165, 1.54) is 154 Å². The van der Waals surface area contributed by atoms with Gasteiger partial charge in [0.25, 0.3) is 0 Å². The van der Waals surface area contributed by atoms with Crippen molar-refractivity contribution in [3.8, 4) is 0 Å². The highest BCUT2D eigenvalue weighted by molar-refractivity contribution is 4.95. The summed E-state index contributed by atoms with van der Waals surface area (Å²) in [5.41, 5.74) is 0. The zero-order valence-electron chi connectivity index (χ0n) is 32.6. The molecule has 278 valence electrons. The Bertz CT molecular complexity index is 778. The summed E-state index contributed by atoms with van der Waals surface area (Å²) in [6.07, 6.45) is 55.2. The fourth-order valence-electron chi connectivity index (χ4n) is 7.68. The van der Waals surface area contributed by atoms with Crippen LogP contribution in [0.4, 0.5) is 0 Å². The van der Waals surface area contributed by atoms with Crippen molar-refractivity contribution in [2.24, 2.45) is 5.92 Å². The number of hydrogen-bond acceptors (Lipinski definition) is 3. The SMILES string of the molecule is CCCCC/C=C\C/C=C\CCCCCCCCC1(CCCCCCCC/C=C\C/C=C\CCCCC)OC2C[C@@H](CN(C)C)C[C@H]2O1. The van der Waals surface area contributed by atoms with Gasteiger partial charge >= 0.3 is 0 Å². The molecule has 0 N–H and O–H groups in total. The minimum atomic E-state index is -0.303. The fourth-order valence-corrected chi connectivity index (χ4v) is 7.68. The topological polar surface area (TPSA) is 21.7 Å². The van der Waals surface area contributed by atoms with Crippen LogP contribution in [0.2, 0.25) is 0 Å². The van der Waals surface area contributed by atoms with Crippen LogP contribution < -0.4 is 0 Å². The first-order valence-corrected chi connectivity index (χ1v) is 21.2. The Balaban J connectivity index is 1.57. The van der Waals surface area contributed by atoms with E-state index in [-0.39, 0.29) is 5.79 Å². The number of nitrogens with zero attached hydrogens (tertiary/aromatic N) is 1. The molecule has 1 aliphatic carbocycles. The molecular formula is C45H81NO2. The predicted octanol–water partition coefficient (Wildman–Crippen LogP) is 13.8. The van der Waals surface area contributed by atoms with Gasteiger partial charge in [-0.3, -0.25) is 0 Å². The molecule has 3 atom stereocenters. The minimum absolute atomic E-state index is 0.303. The minimum Gasteiger partial charge on any atom is -0.344 e. The van der Waals surface area contributed by atoms with Gasteiger partial charge in [0.15, 0.2) is 5.79 Å². The highest BCUT2D eigenvalue weighted by Crippen LogP contribution is 2.45. The second-order valence-electron chi connectivity index (χ2n) is 15.5. The van der Waals surface area contributed by atoms with Crippen molar-refractivity contribution in [3.63, 3.8) is 0 Å². The van der Waals surface area contributed by atoms with Gasteiger partial charge in [-0.05, 0) is 110 Å². The van der Waals surface area contributed by atoms with Crippen LogP contribution in [-0.4, -0.2) is 43.5 Å². The Kier molecular flexibility index (Phi) is 26.5. The van der Waals surface area contributed by atoms with E-state index in [9.17, 15) is 0 Å². The second kappa shape index (κ2) is 29.6. The van der Waals surface area contributed by atoms with E-state index in [4.69, 9.17) is 9.47 Å². The maximum Gasteiger partial charge on any atom is 0.169 e. The Labute approximate surface area is 300 Å². The van der Waals surface area contributed by atoms with E-state index in [0.29, 0.717) is 12.2 Å². The lowest BCUT2D eigenvalue weighted by Crippen LogP contribution is -2.33. The van der Waals surface area contributed by atoms with Crippen molar-refractivity contribution in [1.82, 2.24) is 4.90 Å². The van der Waals surface area contributed by atoms with E-state index in [0.717, 1.165) is 38.1 Å². The summed E-state index contributed by atoms with van der Waals surface area (Å²) in [7, 11) is 4.38. The molecule has 3 heteroatoms. The summed E-state index contributed by atoms with van der Waals surface area (Å²) in [6.45, 7) is 5.70. The van der Waals surface area contributed by atoms with Gasteiger partial charge in [0.1, 0.15) is 0 Å². The third-order valence-electron chi connectivity index (χ3n) is 10.4. The molecule has 1 saturated carbocycles. The molecule has 1 saturated heterocycles. The Morgan fingerprint density at radius 3 is 1.21 bits per heavy atom. The smallest absolute Gasteiger partial charge is 0.169 e. The van der Waals surface area contributed by atoms with Gasteiger partial charge in [-0.2, -0.15) is 0 Å². The van der Waals surface area contributed by atoms with Crippen LogP contribution in [0.1, 0.15) is 194 Å². The molecule has 1 aliphatic heterocycles. The van der Waals surface area contributed by atoms with E-state index in [2.05, 4.69) is 81.5 Å². The zero-order valence-corrected chi connectivity index (χ0v) is 32.6. The van der Waals surface area contributed by atoms with Crippen molar-refractivity contribution in [2.75, 3.05) is 20.6 Å². The van der Waals surface area contributed by atoms with Crippen molar-refractivity contribution in [1.29, 1.82) is 0 Å². The number of hydrogen-bond donors (Lipinski definition) is 0. The quantitative estimate of drug-likeness (QED) is 0.0526. The van der Waals surface area contributed by atoms with Crippen molar-refractivity contribution >= 4 is 0 Å². The molecule has 3 nitrogen and oxygen atoms in total. The first-order valence-electron chi connectivity index (χ1n) is 21.2. The Morgan fingerprint density at radius 2 is 0.833 bits per heavy atom. The van der Waals surface area contributed by atoms with Crippen LogP contribution in [0.25, 0.3) is 0 Å². The molecular weight excluding hydrogens is 587 g/mol. The van der Waals surface area contributed by atoms with Crippen LogP contribution >= 0.6 is 0 Å². The van der Waals surface area contributed by atoms with Gasteiger partial charge < -0.3 is 14.4 Å². The van der Waals surface area contributed by atoms with Gasteiger partial charge in [-0.25, -0.2) is 0 Å².